The molecule has 0 spiro atoms. The second-order valence-electron chi connectivity index (χ2n) is 5.86. The van der Waals surface area contributed by atoms with Crippen LogP contribution in [0.3, 0.4) is 0 Å². The van der Waals surface area contributed by atoms with Gasteiger partial charge in [-0.1, -0.05) is 6.92 Å². The third kappa shape index (κ3) is 3.18. The summed E-state index contributed by atoms with van der Waals surface area (Å²) in [7, 11) is 1.89. The minimum absolute atomic E-state index is 0.145. The van der Waals surface area contributed by atoms with E-state index in [1.54, 1.807) is 0 Å². The number of halogens is 2. The van der Waals surface area contributed by atoms with Gasteiger partial charge in [0.25, 0.3) is 0 Å². The maximum absolute atomic E-state index is 13.3. The number of hydrogen-bond donors (Lipinski definition) is 1. The first-order valence-corrected chi connectivity index (χ1v) is 7.20. The summed E-state index contributed by atoms with van der Waals surface area (Å²) in [6.45, 7) is 6.33. The van der Waals surface area contributed by atoms with Gasteiger partial charge in [0, 0.05) is 18.0 Å². The van der Waals surface area contributed by atoms with Crippen LogP contribution in [-0.4, -0.2) is 25.3 Å². The van der Waals surface area contributed by atoms with Crippen molar-refractivity contribution in [1.29, 1.82) is 0 Å². The molecule has 20 heavy (non-hydrogen) atoms. The molecule has 0 radical (unpaired) electrons. The maximum Gasteiger partial charge on any atom is 0.126 e. The van der Waals surface area contributed by atoms with Gasteiger partial charge in [-0.15, -0.1) is 0 Å². The Bertz CT molecular complexity index is 446. The summed E-state index contributed by atoms with van der Waals surface area (Å²) < 4.78 is 32.4. The molecule has 1 aromatic rings. The summed E-state index contributed by atoms with van der Waals surface area (Å²) in [5.41, 5.74) is 0.681. The van der Waals surface area contributed by atoms with Crippen LogP contribution in [0, 0.1) is 23.5 Å². The Morgan fingerprint density at radius 2 is 1.70 bits per heavy atom. The van der Waals surface area contributed by atoms with Crippen molar-refractivity contribution in [3.63, 3.8) is 0 Å². The lowest BCUT2D eigenvalue weighted by Gasteiger charge is -2.29. The van der Waals surface area contributed by atoms with E-state index in [1.807, 2.05) is 7.05 Å². The lowest BCUT2D eigenvalue weighted by Crippen LogP contribution is -2.41. The van der Waals surface area contributed by atoms with Gasteiger partial charge in [0.15, 0.2) is 0 Å². The summed E-state index contributed by atoms with van der Waals surface area (Å²) in [4.78, 5) is 0. The minimum atomic E-state index is -0.521. The molecule has 0 aliphatic carbocycles. The van der Waals surface area contributed by atoms with Gasteiger partial charge in [-0.3, -0.25) is 0 Å². The predicted molar refractivity (Wildman–Crippen MR) is 75.6 cm³/mol. The van der Waals surface area contributed by atoms with E-state index in [9.17, 15) is 8.78 Å². The summed E-state index contributed by atoms with van der Waals surface area (Å²) in [5.74, 6) is -0.291. The van der Waals surface area contributed by atoms with Crippen molar-refractivity contribution in [3.8, 4) is 0 Å². The minimum Gasteiger partial charge on any atom is -0.375 e. The fourth-order valence-corrected chi connectivity index (χ4v) is 3.40. The van der Waals surface area contributed by atoms with Crippen molar-refractivity contribution in [2.24, 2.45) is 11.8 Å². The number of rotatable bonds is 4. The Hall–Kier alpha value is -1.00. The van der Waals surface area contributed by atoms with Crippen molar-refractivity contribution >= 4 is 0 Å². The van der Waals surface area contributed by atoms with E-state index in [0.717, 1.165) is 6.07 Å². The maximum atomic E-state index is 13.3. The molecule has 1 aromatic carbocycles. The molecule has 2 rings (SSSR count). The Morgan fingerprint density at radius 3 is 2.15 bits per heavy atom. The number of hydrogen-bond acceptors (Lipinski definition) is 2. The first kappa shape index (κ1) is 15.4. The van der Waals surface area contributed by atoms with Gasteiger partial charge in [-0.2, -0.15) is 0 Å². The zero-order valence-corrected chi connectivity index (χ0v) is 12.5. The average molecular weight is 283 g/mol. The molecule has 1 heterocycles. The Labute approximate surface area is 119 Å². The van der Waals surface area contributed by atoms with Crippen molar-refractivity contribution in [2.75, 3.05) is 7.05 Å². The lowest BCUT2D eigenvalue weighted by atomic mass is 9.81. The van der Waals surface area contributed by atoms with Gasteiger partial charge in [0.1, 0.15) is 11.6 Å². The van der Waals surface area contributed by atoms with Crippen molar-refractivity contribution in [1.82, 2.24) is 5.32 Å². The second kappa shape index (κ2) is 6.19. The SMILES string of the molecule is CNC(Cc1cc(F)cc(F)c1)C1C(C)OC(C)C1C. The van der Waals surface area contributed by atoms with Crippen LogP contribution in [0.25, 0.3) is 0 Å². The third-order valence-electron chi connectivity index (χ3n) is 4.53. The van der Waals surface area contributed by atoms with E-state index in [2.05, 4.69) is 26.1 Å². The Balaban J connectivity index is 2.16. The molecule has 112 valence electrons. The molecule has 5 atom stereocenters. The van der Waals surface area contributed by atoms with Crippen LogP contribution in [0.15, 0.2) is 18.2 Å². The molecule has 0 bridgehead atoms. The number of benzene rings is 1. The molecule has 0 amide bonds. The van der Waals surface area contributed by atoms with Crippen molar-refractivity contribution in [3.05, 3.63) is 35.4 Å². The van der Waals surface area contributed by atoms with Gasteiger partial charge < -0.3 is 10.1 Å². The number of likely N-dealkylation sites (N-methyl/N-ethyl adjacent to an activating group) is 1. The zero-order valence-electron chi connectivity index (χ0n) is 12.5. The summed E-state index contributed by atoms with van der Waals surface area (Å²) in [5, 5.41) is 3.29. The third-order valence-corrected chi connectivity index (χ3v) is 4.53. The van der Waals surface area contributed by atoms with E-state index in [0.29, 0.717) is 23.8 Å². The largest absolute Gasteiger partial charge is 0.375 e. The molecule has 0 saturated carbocycles. The van der Waals surface area contributed by atoms with Gasteiger partial charge in [0.05, 0.1) is 12.2 Å². The van der Waals surface area contributed by atoms with E-state index < -0.39 is 11.6 Å². The fourth-order valence-electron chi connectivity index (χ4n) is 3.40. The first-order valence-electron chi connectivity index (χ1n) is 7.20. The molecule has 1 fully saturated rings. The molecule has 0 aromatic heterocycles. The summed E-state index contributed by atoms with van der Waals surface area (Å²) in [6, 6.07) is 3.86. The second-order valence-corrected chi connectivity index (χ2v) is 5.86. The Kier molecular flexibility index (Phi) is 4.76. The first-order chi connectivity index (χ1) is 9.42. The van der Waals surface area contributed by atoms with E-state index in [1.165, 1.54) is 12.1 Å². The molecule has 1 aliphatic rings. The van der Waals surface area contributed by atoms with Crippen LogP contribution in [-0.2, 0) is 11.2 Å². The Morgan fingerprint density at radius 1 is 1.10 bits per heavy atom. The highest BCUT2D eigenvalue weighted by Crippen LogP contribution is 2.35. The van der Waals surface area contributed by atoms with Crippen LogP contribution in [0.1, 0.15) is 26.3 Å². The highest BCUT2D eigenvalue weighted by molar-refractivity contribution is 5.19. The van der Waals surface area contributed by atoms with Crippen molar-refractivity contribution < 1.29 is 13.5 Å². The summed E-state index contributed by atoms with van der Waals surface area (Å²) in [6.07, 6.45) is 0.964. The van der Waals surface area contributed by atoms with Crippen LogP contribution in [0.4, 0.5) is 8.78 Å². The van der Waals surface area contributed by atoms with E-state index >= 15 is 0 Å². The standard InChI is InChI=1S/C16H23F2NO/c1-9-10(2)20-11(3)16(9)15(19-4)7-12-5-13(17)8-14(18)6-12/h5-6,8-11,15-16,19H,7H2,1-4H3. The van der Waals surface area contributed by atoms with Gasteiger partial charge in [-0.25, -0.2) is 8.78 Å². The normalized spacial score (nSPS) is 31.5. The average Bonchev–Trinajstić information content (AvgIpc) is 2.60. The van der Waals surface area contributed by atoms with E-state index in [-0.39, 0.29) is 18.2 Å². The lowest BCUT2D eigenvalue weighted by molar-refractivity contribution is 0.0479. The molecule has 1 N–H and O–H groups in total. The monoisotopic (exact) mass is 283 g/mol. The quantitative estimate of drug-likeness (QED) is 0.916. The van der Waals surface area contributed by atoms with Crippen LogP contribution in [0.2, 0.25) is 0 Å². The van der Waals surface area contributed by atoms with Crippen LogP contribution >= 0.6 is 0 Å². The van der Waals surface area contributed by atoms with Gasteiger partial charge in [0.2, 0.25) is 0 Å². The molecular weight excluding hydrogens is 260 g/mol. The summed E-state index contributed by atoms with van der Waals surface area (Å²) >= 11 is 0. The zero-order chi connectivity index (χ0) is 14.9. The number of nitrogens with one attached hydrogen (secondary N) is 1. The molecule has 1 saturated heterocycles. The highest BCUT2D eigenvalue weighted by atomic mass is 19.1. The molecule has 1 aliphatic heterocycles. The molecule has 5 unspecified atom stereocenters. The predicted octanol–water partition coefficient (Wildman–Crippen LogP) is 3.15. The van der Waals surface area contributed by atoms with Gasteiger partial charge >= 0.3 is 0 Å². The van der Waals surface area contributed by atoms with Gasteiger partial charge in [-0.05, 0) is 50.9 Å². The number of ether oxygens (including phenoxy) is 1. The fraction of sp³-hybridized carbons (Fsp3) is 0.625. The van der Waals surface area contributed by atoms with Crippen molar-refractivity contribution in [2.45, 2.75) is 45.4 Å². The van der Waals surface area contributed by atoms with E-state index in [4.69, 9.17) is 4.74 Å². The molecular formula is C16H23F2NO. The topological polar surface area (TPSA) is 21.3 Å². The smallest absolute Gasteiger partial charge is 0.126 e. The molecule has 2 nitrogen and oxygen atoms in total. The highest BCUT2D eigenvalue weighted by Gasteiger charge is 2.41. The van der Waals surface area contributed by atoms with Crippen LogP contribution < -0.4 is 5.32 Å². The molecule has 4 heteroatoms. The van der Waals surface area contributed by atoms with Crippen LogP contribution in [0.5, 0.6) is 0 Å².